The summed E-state index contributed by atoms with van der Waals surface area (Å²) in [5.74, 6) is -0.0304. The predicted molar refractivity (Wildman–Crippen MR) is 49.1 cm³/mol. The number of nitrogen functional groups attached to an aromatic ring is 1. The van der Waals surface area contributed by atoms with E-state index in [2.05, 4.69) is 9.97 Å². The molecule has 0 aliphatic carbocycles. The lowest BCUT2D eigenvalue weighted by Gasteiger charge is -2.03. The molecule has 1 heterocycles. The van der Waals surface area contributed by atoms with Gasteiger partial charge in [0, 0.05) is 18.0 Å². The van der Waals surface area contributed by atoms with E-state index >= 15 is 0 Å². The number of alkyl halides is 1. The van der Waals surface area contributed by atoms with Crippen LogP contribution in [-0.2, 0) is 15.7 Å². The van der Waals surface area contributed by atoms with Crippen LogP contribution in [-0.4, -0.2) is 24.6 Å². The number of halogens is 1. The van der Waals surface area contributed by atoms with Crippen LogP contribution in [0.1, 0.15) is 5.56 Å². The number of hydrogen-bond acceptors (Lipinski definition) is 5. The minimum atomic E-state index is -3.38. The minimum Gasteiger partial charge on any atom is -0.368 e. The summed E-state index contributed by atoms with van der Waals surface area (Å²) in [4.78, 5) is 7.25. The molecule has 0 spiro atoms. The molecule has 13 heavy (non-hydrogen) atoms. The number of sulfone groups is 1. The topological polar surface area (TPSA) is 85.9 Å². The minimum absolute atomic E-state index is 0.0443. The molecular weight excluding hydrogens is 214 g/mol. The van der Waals surface area contributed by atoms with Crippen LogP contribution in [0.3, 0.4) is 0 Å². The number of aromatic nitrogens is 2. The average Bonchev–Trinajstić information content (AvgIpc) is 2.03. The third-order valence-corrected chi connectivity index (χ3v) is 2.68. The van der Waals surface area contributed by atoms with Crippen LogP contribution in [0.25, 0.3) is 0 Å². The van der Waals surface area contributed by atoms with E-state index in [0.29, 0.717) is 5.56 Å². The van der Waals surface area contributed by atoms with Gasteiger partial charge >= 0.3 is 0 Å². The Morgan fingerprint density at radius 2 is 2.23 bits per heavy atom. The normalized spacial score (nSPS) is 11.5. The fraction of sp³-hybridized carbons (Fsp3) is 0.333. The molecule has 0 fully saturated rings. The maximum Gasteiger partial charge on any atom is 0.221 e. The first-order valence-corrected chi connectivity index (χ1v) is 5.75. The summed E-state index contributed by atoms with van der Waals surface area (Å²) in [5.41, 5.74) is 5.61. The Kier molecular flexibility index (Phi) is 2.72. The van der Waals surface area contributed by atoms with Crippen LogP contribution < -0.4 is 5.73 Å². The predicted octanol–water partition coefficient (Wildman–Crippen LogP) is 0.201. The molecule has 0 unspecified atom stereocenters. The summed E-state index contributed by atoms with van der Waals surface area (Å²) in [6, 6.07) is 0. The Balaban J connectivity index is 3.41. The molecule has 1 aromatic rings. The molecule has 0 amide bonds. The zero-order valence-corrected chi connectivity index (χ0v) is 8.43. The molecule has 0 aliphatic heterocycles. The molecule has 2 N–H and O–H groups in total. The van der Waals surface area contributed by atoms with Gasteiger partial charge < -0.3 is 5.73 Å². The van der Waals surface area contributed by atoms with Crippen LogP contribution in [0, 0.1) is 0 Å². The third-order valence-electron chi connectivity index (χ3n) is 1.34. The van der Waals surface area contributed by atoms with Crippen LogP contribution in [0.4, 0.5) is 5.95 Å². The quantitative estimate of drug-likeness (QED) is 0.570. The van der Waals surface area contributed by atoms with Crippen molar-refractivity contribution in [2.24, 2.45) is 0 Å². The molecule has 7 heteroatoms. The highest BCUT2D eigenvalue weighted by atomic mass is 35.5. The molecular formula is C6H8ClN3O2S. The van der Waals surface area contributed by atoms with Gasteiger partial charge in [-0.3, -0.25) is 0 Å². The highest BCUT2D eigenvalue weighted by Crippen LogP contribution is 2.14. The lowest BCUT2D eigenvalue weighted by molar-refractivity contribution is 0.597. The Labute approximate surface area is 80.9 Å². The van der Waals surface area contributed by atoms with Crippen molar-refractivity contribution in [3.05, 3.63) is 11.8 Å². The fourth-order valence-electron chi connectivity index (χ4n) is 0.817. The standard InChI is InChI=1S/C6H8ClN3O2S/c1-13(11,12)5-4(2-7)3-9-6(8)10-5/h3H,2H2,1H3,(H2,8,9,10). The lowest BCUT2D eigenvalue weighted by atomic mass is 10.4. The highest BCUT2D eigenvalue weighted by Gasteiger charge is 2.15. The third kappa shape index (κ3) is 2.28. The smallest absolute Gasteiger partial charge is 0.221 e. The molecule has 5 nitrogen and oxygen atoms in total. The molecule has 0 aliphatic rings. The molecule has 0 radical (unpaired) electrons. The average molecular weight is 222 g/mol. The van der Waals surface area contributed by atoms with Gasteiger partial charge in [0.2, 0.25) is 5.95 Å². The van der Waals surface area contributed by atoms with Gasteiger partial charge in [0.25, 0.3) is 0 Å². The highest BCUT2D eigenvalue weighted by molar-refractivity contribution is 7.90. The first-order chi connectivity index (χ1) is 5.95. The van der Waals surface area contributed by atoms with Crippen LogP contribution in [0.5, 0.6) is 0 Å². The van der Waals surface area contributed by atoms with E-state index in [1.54, 1.807) is 0 Å². The second kappa shape index (κ2) is 3.47. The van der Waals surface area contributed by atoms with Gasteiger partial charge in [-0.1, -0.05) is 0 Å². The number of rotatable bonds is 2. The Morgan fingerprint density at radius 1 is 1.62 bits per heavy atom. The van der Waals surface area contributed by atoms with Crippen LogP contribution >= 0.6 is 11.6 Å². The van der Waals surface area contributed by atoms with E-state index < -0.39 is 9.84 Å². The second-order valence-electron chi connectivity index (χ2n) is 2.46. The van der Waals surface area contributed by atoms with Crippen LogP contribution in [0.15, 0.2) is 11.2 Å². The van der Waals surface area contributed by atoms with E-state index in [9.17, 15) is 8.42 Å². The van der Waals surface area contributed by atoms with Crippen molar-refractivity contribution >= 4 is 27.4 Å². The first kappa shape index (κ1) is 10.2. The van der Waals surface area contributed by atoms with Crippen molar-refractivity contribution in [3.63, 3.8) is 0 Å². The molecule has 0 saturated carbocycles. The number of nitrogens with two attached hydrogens (primary N) is 1. The van der Waals surface area contributed by atoms with Gasteiger partial charge in [-0.2, -0.15) is 0 Å². The summed E-state index contributed by atoms with van der Waals surface area (Å²) in [6.07, 6.45) is 2.36. The number of hydrogen-bond donors (Lipinski definition) is 1. The van der Waals surface area contributed by atoms with Crippen molar-refractivity contribution in [1.29, 1.82) is 0 Å². The molecule has 1 rings (SSSR count). The molecule has 0 aromatic carbocycles. The maximum absolute atomic E-state index is 11.2. The van der Waals surface area contributed by atoms with Crippen molar-refractivity contribution in [1.82, 2.24) is 9.97 Å². The van der Waals surface area contributed by atoms with E-state index in [1.165, 1.54) is 6.20 Å². The summed E-state index contributed by atoms with van der Waals surface area (Å²) >= 11 is 5.51. The summed E-state index contributed by atoms with van der Waals surface area (Å²) < 4.78 is 22.3. The number of nitrogens with zero attached hydrogens (tertiary/aromatic N) is 2. The maximum atomic E-state index is 11.2. The summed E-state index contributed by atoms with van der Waals surface area (Å²) in [5, 5.41) is -0.102. The van der Waals surface area contributed by atoms with Gasteiger partial charge in [0.15, 0.2) is 14.9 Å². The Bertz CT molecular complexity index is 418. The van der Waals surface area contributed by atoms with Gasteiger partial charge in [-0.05, 0) is 0 Å². The van der Waals surface area contributed by atoms with E-state index in [0.717, 1.165) is 6.26 Å². The molecule has 0 saturated heterocycles. The molecule has 0 bridgehead atoms. The summed E-state index contributed by atoms with van der Waals surface area (Å²) in [6.45, 7) is 0. The van der Waals surface area contributed by atoms with Crippen molar-refractivity contribution in [2.45, 2.75) is 10.9 Å². The van der Waals surface area contributed by atoms with Gasteiger partial charge in [0.05, 0.1) is 5.88 Å². The zero-order chi connectivity index (χ0) is 10.1. The zero-order valence-electron chi connectivity index (χ0n) is 6.86. The van der Waals surface area contributed by atoms with Crippen molar-refractivity contribution < 1.29 is 8.42 Å². The molecule has 0 atom stereocenters. The first-order valence-electron chi connectivity index (χ1n) is 3.32. The monoisotopic (exact) mass is 221 g/mol. The van der Waals surface area contributed by atoms with Gasteiger partial charge in [0.1, 0.15) is 0 Å². The SMILES string of the molecule is CS(=O)(=O)c1nc(N)ncc1CCl. The second-order valence-corrected chi connectivity index (χ2v) is 4.66. The van der Waals surface area contributed by atoms with Crippen molar-refractivity contribution in [3.8, 4) is 0 Å². The van der Waals surface area contributed by atoms with Crippen molar-refractivity contribution in [2.75, 3.05) is 12.0 Å². The largest absolute Gasteiger partial charge is 0.368 e. The molecule has 72 valence electrons. The van der Waals surface area contributed by atoms with Crippen LogP contribution in [0.2, 0.25) is 0 Å². The van der Waals surface area contributed by atoms with E-state index in [4.69, 9.17) is 17.3 Å². The Morgan fingerprint density at radius 3 is 2.69 bits per heavy atom. The summed E-state index contributed by atoms with van der Waals surface area (Å²) in [7, 11) is -3.38. The number of anilines is 1. The Hall–Kier alpha value is -0.880. The van der Waals surface area contributed by atoms with E-state index in [1.807, 2.05) is 0 Å². The van der Waals surface area contributed by atoms with Gasteiger partial charge in [-0.15, -0.1) is 11.6 Å². The molecule has 1 aromatic heterocycles. The fourth-order valence-corrected chi connectivity index (χ4v) is 1.95. The van der Waals surface area contributed by atoms with E-state index in [-0.39, 0.29) is 16.9 Å². The lowest BCUT2D eigenvalue weighted by Crippen LogP contribution is -2.08. The van der Waals surface area contributed by atoms with Gasteiger partial charge in [-0.25, -0.2) is 18.4 Å².